The first-order valence-corrected chi connectivity index (χ1v) is 10.1. The summed E-state index contributed by atoms with van der Waals surface area (Å²) >= 11 is 0. The SMILES string of the molecule is CCC1(C2(C)CC23CCCC32CC2C)CC(CN)C12CC2C. The molecule has 5 fully saturated rings. The molecule has 0 saturated heterocycles. The molecule has 2 N–H and O–H groups in total. The number of hydrogen-bond acceptors (Lipinski definition) is 1. The quantitative estimate of drug-likeness (QED) is 0.780. The van der Waals surface area contributed by atoms with Gasteiger partial charge in [0.2, 0.25) is 0 Å². The number of nitrogens with two attached hydrogens (primary N) is 1. The highest BCUT2D eigenvalue weighted by Crippen LogP contribution is 2.97. The summed E-state index contributed by atoms with van der Waals surface area (Å²) < 4.78 is 0. The third-order valence-electron chi connectivity index (χ3n) is 10.7. The van der Waals surface area contributed by atoms with Crippen LogP contribution in [-0.2, 0) is 0 Å². The molecule has 0 aromatic rings. The predicted octanol–water partition coefficient (Wildman–Crippen LogP) is 4.99. The van der Waals surface area contributed by atoms with E-state index in [9.17, 15) is 0 Å². The molecule has 0 aromatic heterocycles. The van der Waals surface area contributed by atoms with Gasteiger partial charge in [-0.15, -0.1) is 0 Å². The van der Waals surface area contributed by atoms with Crippen LogP contribution in [0.2, 0.25) is 0 Å². The molecule has 0 aliphatic heterocycles. The fraction of sp³-hybridized carbons (Fsp3) is 1.00. The van der Waals surface area contributed by atoms with Crippen molar-refractivity contribution in [3.8, 4) is 0 Å². The van der Waals surface area contributed by atoms with Gasteiger partial charge in [-0.1, -0.05) is 34.1 Å². The lowest BCUT2D eigenvalue weighted by atomic mass is 9.41. The van der Waals surface area contributed by atoms with Crippen molar-refractivity contribution in [1.29, 1.82) is 0 Å². The molecular weight excluding hydrogens is 266 g/mol. The van der Waals surface area contributed by atoms with Crippen LogP contribution in [0.25, 0.3) is 0 Å². The Labute approximate surface area is 136 Å². The monoisotopic (exact) mass is 301 g/mol. The Morgan fingerprint density at radius 2 is 1.73 bits per heavy atom. The molecule has 0 heterocycles. The van der Waals surface area contributed by atoms with E-state index < -0.39 is 0 Å². The molecule has 8 unspecified atom stereocenters. The minimum atomic E-state index is 0.642. The maximum atomic E-state index is 6.18. The van der Waals surface area contributed by atoms with Crippen LogP contribution in [0.15, 0.2) is 0 Å². The van der Waals surface area contributed by atoms with E-state index in [1.807, 2.05) is 0 Å². The normalized spacial score (nSPS) is 67.8. The highest BCUT2D eigenvalue weighted by molar-refractivity contribution is 5.38. The molecule has 0 amide bonds. The molecule has 5 saturated carbocycles. The summed E-state index contributed by atoms with van der Waals surface area (Å²) in [7, 11) is 0. The summed E-state index contributed by atoms with van der Waals surface area (Å²) in [6.07, 6.45) is 12.1. The highest BCUT2D eigenvalue weighted by atomic mass is 14.9. The van der Waals surface area contributed by atoms with Gasteiger partial charge < -0.3 is 5.73 Å². The zero-order valence-electron chi connectivity index (χ0n) is 15.2. The molecular formula is C21H35N. The summed E-state index contributed by atoms with van der Waals surface area (Å²) in [5.74, 6) is 2.80. The zero-order valence-corrected chi connectivity index (χ0v) is 15.2. The summed E-state index contributed by atoms with van der Waals surface area (Å²) in [4.78, 5) is 0. The Morgan fingerprint density at radius 3 is 2.23 bits per heavy atom. The van der Waals surface area contributed by atoms with Gasteiger partial charge in [-0.2, -0.15) is 0 Å². The van der Waals surface area contributed by atoms with Crippen LogP contribution in [0.1, 0.15) is 79.1 Å². The maximum absolute atomic E-state index is 6.18. The third-order valence-corrected chi connectivity index (χ3v) is 10.7. The van der Waals surface area contributed by atoms with Gasteiger partial charge in [-0.25, -0.2) is 0 Å². The summed E-state index contributed by atoms with van der Waals surface area (Å²) in [5, 5.41) is 0. The van der Waals surface area contributed by atoms with Crippen molar-refractivity contribution < 1.29 is 0 Å². The van der Waals surface area contributed by atoms with E-state index in [0.717, 1.165) is 35.1 Å². The molecule has 8 atom stereocenters. The fourth-order valence-electron chi connectivity index (χ4n) is 9.61. The Morgan fingerprint density at radius 1 is 1.05 bits per heavy atom. The van der Waals surface area contributed by atoms with Crippen molar-refractivity contribution in [3.63, 3.8) is 0 Å². The van der Waals surface area contributed by atoms with E-state index in [4.69, 9.17) is 5.73 Å². The van der Waals surface area contributed by atoms with E-state index in [2.05, 4.69) is 27.7 Å². The largest absolute Gasteiger partial charge is 0.330 e. The van der Waals surface area contributed by atoms with Crippen LogP contribution in [0.4, 0.5) is 0 Å². The topological polar surface area (TPSA) is 26.0 Å². The van der Waals surface area contributed by atoms with Crippen LogP contribution in [-0.4, -0.2) is 6.54 Å². The number of hydrogen-bond donors (Lipinski definition) is 1. The minimum Gasteiger partial charge on any atom is -0.330 e. The van der Waals surface area contributed by atoms with Crippen molar-refractivity contribution in [3.05, 3.63) is 0 Å². The molecule has 0 bridgehead atoms. The van der Waals surface area contributed by atoms with Gasteiger partial charge in [0.15, 0.2) is 0 Å². The van der Waals surface area contributed by atoms with Crippen LogP contribution in [0.5, 0.6) is 0 Å². The summed E-state index contributed by atoms with van der Waals surface area (Å²) in [6.45, 7) is 11.2. The predicted molar refractivity (Wildman–Crippen MR) is 91.3 cm³/mol. The molecule has 3 spiro atoms. The summed E-state index contributed by atoms with van der Waals surface area (Å²) in [6, 6.07) is 0. The van der Waals surface area contributed by atoms with Crippen LogP contribution in [0.3, 0.4) is 0 Å². The van der Waals surface area contributed by atoms with Crippen molar-refractivity contribution in [2.75, 3.05) is 6.54 Å². The smallest absolute Gasteiger partial charge is 0.00430 e. The molecule has 124 valence electrons. The van der Waals surface area contributed by atoms with Gasteiger partial charge in [0.05, 0.1) is 0 Å². The molecule has 0 aromatic carbocycles. The molecule has 1 heteroatoms. The van der Waals surface area contributed by atoms with E-state index in [1.165, 1.54) is 25.7 Å². The second-order valence-electron chi connectivity index (χ2n) is 10.4. The average Bonchev–Trinajstić information content (AvgIpc) is 3.37. The second kappa shape index (κ2) is 3.63. The van der Waals surface area contributed by atoms with Gasteiger partial charge in [-0.3, -0.25) is 0 Å². The molecule has 5 rings (SSSR count). The van der Waals surface area contributed by atoms with E-state index in [1.54, 1.807) is 25.7 Å². The minimum absolute atomic E-state index is 0.642. The van der Waals surface area contributed by atoms with Crippen LogP contribution < -0.4 is 5.73 Å². The van der Waals surface area contributed by atoms with Gasteiger partial charge in [-0.05, 0) is 96.3 Å². The Hall–Kier alpha value is -0.0400. The van der Waals surface area contributed by atoms with Crippen molar-refractivity contribution in [2.24, 2.45) is 50.6 Å². The Kier molecular flexibility index (Phi) is 2.36. The third kappa shape index (κ3) is 1.07. The van der Waals surface area contributed by atoms with Gasteiger partial charge in [0.25, 0.3) is 0 Å². The molecule has 0 radical (unpaired) electrons. The Balaban J connectivity index is 1.55. The molecule has 1 nitrogen and oxygen atoms in total. The molecule has 5 aliphatic rings. The lowest BCUT2D eigenvalue weighted by Crippen LogP contribution is -2.59. The van der Waals surface area contributed by atoms with E-state index in [0.29, 0.717) is 16.2 Å². The van der Waals surface area contributed by atoms with E-state index in [-0.39, 0.29) is 0 Å². The average molecular weight is 302 g/mol. The van der Waals surface area contributed by atoms with Crippen LogP contribution in [0, 0.1) is 44.8 Å². The highest BCUT2D eigenvalue weighted by Gasteiger charge is 2.90. The summed E-state index contributed by atoms with van der Waals surface area (Å²) in [5.41, 5.74) is 9.64. The lowest BCUT2D eigenvalue weighted by Gasteiger charge is -2.63. The first-order valence-electron chi connectivity index (χ1n) is 10.1. The van der Waals surface area contributed by atoms with Crippen molar-refractivity contribution in [1.82, 2.24) is 0 Å². The standard InChI is InChI=1S/C21H35N/c1-5-19(11-16(12-22)21(19)10-15(21)3)17(4)13-20(17)8-6-7-18(20)9-14(18)2/h14-16H,5-13,22H2,1-4H3. The van der Waals surface area contributed by atoms with Gasteiger partial charge in [0, 0.05) is 0 Å². The maximum Gasteiger partial charge on any atom is -0.00430 e. The Bertz CT molecular complexity index is 542. The number of rotatable bonds is 3. The van der Waals surface area contributed by atoms with Crippen molar-refractivity contribution in [2.45, 2.75) is 79.1 Å². The van der Waals surface area contributed by atoms with Gasteiger partial charge in [0.1, 0.15) is 0 Å². The number of fused-ring (bicyclic) bond motifs is 1. The lowest BCUT2D eigenvalue weighted by molar-refractivity contribution is -0.146. The zero-order chi connectivity index (χ0) is 15.6. The second-order valence-corrected chi connectivity index (χ2v) is 10.4. The van der Waals surface area contributed by atoms with E-state index >= 15 is 0 Å². The first kappa shape index (κ1) is 14.3. The molecule has 5 aliphatic carbocycles. The first-order chi connectivity index (χ1) is 10.4. The van der Waals surface area contributed by atoms with Gasteiger partial charge >= 0.3 is 0 Å². The molecule has 22 heavy (non-hydrogen) atoms. The fourth-order valence-corrected chi connectivity index (χ4v) is 9.61. The van der Waals surface area contributed by atoms with Crippen molar-refractivity contribution >= 4 is 0 Å². The van der Waals surface area contributed by atoms with Crippen LogP contribution >= 0.6 is 0 Å².